The van der Waals surface area contributed by atoms with Crippen molar-refractivity contribution in [1.29, 1.82) is 0 Å². The highest BCUT2D eigenvalue weighted by Gasteiger charge is 2.19. The van der Waals surface area contributed by atoms with Crippen LogP contribution in [0.3, 0.4) is 0 Å². The molecule has 12 heavy (non-hydrogen) atoms. The Bertz CT molecular complexity index is 169. The van der Waals surface area contributed by atoms with Crippen LogP contribution in [0.15, 0.2) is 0 Å². The summed E-state index contributed by atoms with van der Waals surface area (Å²) < 4.78 is 0. The summed E-state index contributed by atoms with van der Waals surface area (Å²) >= 11 is 0. The van der Waals surface area contributed by atoms with Gasteiger partial charge in [-0.25, -0.2) is 0 Å². The van der Waals surface area contributed by atoms with Crippen molar-refractivity contribution in [3.05, 3.63) is 0 Å². The van der Waals surface area contributed by atoms with E-state index in [9.17, 15) is 9.59 Å². The monoisotopic (exact) mass is 177 g/mol. The van der Waals surface area contributed by atoms with Crippen molar-refractivity contribution in [2.75, 3.05) is 13.2 Å². The molecule has 0 aromatic heterocycles. The Hall–Kier alpha value is -1.14. The van der Waals surface area contributed by atoms with Crippen LogP contribution in [-0.2, 0) is 9.59 Å². The normalized spacial score (nSPS) is 12.4. The third kappa shape index (κ3) is 4.64. The van der Waals surface area contributed by atoms with Gasteiger partial charge in [0, 0.05) is 6.54 Å². The molecule has 0 aromatic rings. The van der Waals surface area contributed by atoms with Crippen LogP contribution in [0.5, 0.6) is 0 Å². The van der Waals surface area contributed by atoms with Gasteiger partial charge >= 0.3 is 11.9 Å². The fourth-order valence-electron chi connectivity index (χ4n) is 0.660. The van der Waals surface area contributed by atoms with Gasteiger partial charge in [-0.05, 0) is 0 Å². The summed E-state index contributed by atoms with van der Waals surface area (Å²) in [6, 6.07) is -1.13. The van der Waals surface area contributed by atoms with E-state index in [1.165, 1.54) is 0 Å². The number of hydrogen-bond donors (Lipinski definition) is 4. The van der Waals surface area contributed by atoms with Crippen molar-refractivity contribution in [2.45, 2.75) is 12.5 Å². The Morgan fingerprint density at radius 2 is 1.92 bits per heavy atom. The number of hydrogen-bond acceptors (Lipinski definition) is 4. The van der Waals surface area contributed by atoms with E-state index in [1.807, 2.05) is 0 Å². The van der Waals surface area contributed by atoms with Crippen molar-refractivity contribution in [2.24, 2.45) is 0 Å². The predicted molar refractivity (Wildman–Crippen MR) is 38.8 cm³/mol. The van der Waals surface area contributed by atoms with E-state index in [2.05, 4.69) is 5.32 Å². The quantitative estimate of drug-likeness (QED) is 0.393. The van der Waals surface area contributed by atoms with Gasteiger partial charge in [-0.1, -0.05) is 0 Å². The number of rotatable bonds is 6. The summed E-state index contributed by atoms with van der Waals surface area (Å²) in [7, 11) is 0. The zero-order valence-electron chi connectivity index (χ0n) is 6.36. The third-order valence-corrected chi connectivity index (χ3v) is 1.18. The van der Waals surface area contributed by atoms with Crippen molar-refractivity contribution in [1.82, 2.24) is 5.32 Å². The maximum atomic E-state index is 10.3. The molecule has 0 amide bonds. The van der Waals surface area contributed by atoms with Gasteiger partial charge in [-0.2, -0.15) is 0 Å². The Morgan fingerprint density at radius 1 is 1.33 bits per heavy atom. The first-order valence-electron chi connectivity index (χ1n) is 3.36. The summed E-state index contributed by atoms with van der Waals surface area (Å²) in [5.41, 5.74) is 0. The summed E-state index contributed by atoms with van der Waals surface area (Å²) in [6.07, 6.45) is -0.491. The minimum atomic E-state index is -1.23. The Kier molecular flexibility index (Phi) is 4.98. The molecule has 0 spiro atoms. The highest BCUT2D eigenvalue weighted by molar-refractivity contribution is 5.80. The SMILES string of the molecule is O=C(O)CC(NCCO)C(=O)O. The molecule has 0 aromatic carbocycles. The van der Waals surface area contributed by atoms with Gasteiger partial charge in [0.05, 0.1) is 13.0 Å². The predicted octanol–water partition coefficient (Wildman–Crippen LogP) is -1.50. The van der Waals surface area contributed by atoms with Crippen molar-refractivity contribution >= 4 is 11.9 Å². The Morgan fingerprint density at radius 3 is 2.25 bits per heavy atom. The Balaban J connectivity index is 3.87. The molecule has 70 valence electrons. The molecule has 0 aliphatic heterocycles. The first-order valence-corrected chi connectivity index (χ1v) is 3.36. The first kappa shape index (κ1) is 10.9. The van der Waals surface area contributed by atoms with E-state index in [0.717, 1.165) is 0 Å². The number of aliphatic carboxylic acids is 2. The van der Waals surface area contributed by atoms with Crippen LogP contribution < -0.4 is 5.32 Å². The summed E-state index contributed by atoms with van der Waals surface area (Å²) in [5.74, 6) is -2.42. The number of nitrogens with one attached hydrogen (secondary N) is 1. The highest BCUT2D eigenvalue weighted by atomic mass is 16.4. The van der Waals surface area contributed by atoms with Gasteiger partial charge in [0.1, 0.15) is 6.04 Å². The van der Waals surface area contributed by atoms with E-state index in [4.69, 9.17) is 15.3 Å². The van der Waals surface area contributed by atoms with Crippen LogP contribution in [0.2, 0.25) is 0 Å². The number of carbonyl (C=O) groups is 2. The van der Waals surface area contributed by atoms with Crippen LogP contribution in [0.1, 0.15) is 6.42 Å². The van der Waals surface area contributed by atoms with Crippen LogP contribution in [0.4, 0.5) is 0 Å². The van der Waals surface area contributed by atoms with E-state index in [-0.39, 0.29) is 13.2 Å². The van der Waals surface area contributed by atoms with Gasteiger partial charge in [-0.15, -0.1) is 0 Å². The lowest BCUT2D eigenvalue weighted by Crippen LogP contribution is -2.39. The molecule has 0 saturated heterocycles. The molecule has 0 rings (SSSR count). The zero-order valence-corrected chi connectivity index (χ0v) is 6.36. The molecular weight excluding hydrogens is 166 g/mol. The molecular formula is C6H11NO5. The number of aliphatic hydroxyl groups excluding tert-OH is 1. The lowest BCUT2D eigenvalue weighted by Gasteiger charge is -2.10. The van der Waals surface area contributed by atoms with Crippen LogP contribution >= 0.6 is 0 Å². The maximum Gasteiger partial charge on any atom is 0.321 e. The second kappa shape index (κ2) is 5.50. The van der Waals surface area contributed by atoms with Crippen LogP contribution in [0, 0.1) is 0 Å². The number of aliphatic hydroxyl groups is 1. The number of carboxylic acid groups (broad SMARTS) is 2. The molecule has 0 radical (unpaired) electrons. The van der Waals surface area contributed by atoms with Gasteiger partial charge in [0.25, 0.3) is 0 Å². The van der Waals surface area contributed by atoms with Crippen LogP contribution in [0.25, 0.3) is 0 Å². The molecule has 1 unspecified atom stereocenters. The molecule has 0 aliphatic carbocycles. The van der Waals surface area contributed by atoms with Gasteiger partial charge in [-0.3, -0.25) is 9.59 Å². The zero-order chi connectivity index (χ0) is 9.56. The second-order valence-corrected chi connectivity index (χ2v) is 2.17. The Labute approximate surface area is 68.8 Å². The molecule has 1 atom stereocenters. The molecule has 6 heteroatoms. The first-order chi connectivity index (χ1) is 5.57. The molecule has 4 N–H and O–H groups in total. The fraction of sp³-hybridized carbons (Fsp3) is 0.667. The largest absolute Gasteiger partial charge is 0.481 e. The summed E-state index contributed by atoms with van der Waals surface area (Å²) in [6.45, 7) is -0.145. The van der Waals surface area contributed by atoms with Crippen molar-refractivity contribution in [3.8, 4) is 0 Å². The fourth-order valence-corrected chi connectivity index (χ4v) is 0.660. The molecule has 0 saturated carbocycles. The minimum Gasteiger partial charge on any atom is -0.481 e. The van der Waals surface area contributed by atoms with Gasteiger partial charge in [0.2, 0.25) is 0 Å². The average Bonchev–Trinajstić information content (AvgIpc) is 1.96. The van der Waals surface area contributed by atoms with Crippen molar-refractivity contribution in [3.63, 3.8) is 0 Å². The molecule has 6 nitrogen and oxygen atoms in total. The molecule has 0 aliphatic rings. The standard InChI is InChI=1S/C6H11NO5/c8-2-1-7-4(6(11)12)3-5(9)10/h4,7-8H,1-3H2,(H,9,10)(H,11,12). The number of carboxylic acids is 2. The maximum absolute atomic E-state index is 10.3. The van der Waals surface area contributed by atoms with Crippen molar-refractivity contribution < 1.29 is 24.9 Å². The third-order valence-electron chi connectivity index (χ3n) is 1.18. The molecule has 0 heterocycles. The highest BCUT2D eigenvalue weighted by Crippen LogP contribution is 1.91. The topological polar surface area (TPSA) is 107 Å². The van der Waals surface area contributed by atoms with Gasteiger partial charge in [0.15, 0.2) is 0 Å². The molecule has 0 fully saturated rings. The average molecular weight is 177 g/mol. The summed E-state index contributed by atoms with van der Waals surface area (Å²) in [5, 5.41) is 27.4. The van der Waals surface area contributed by atoms with E-state index >= 15 is 0 Å². The lowest BCUT2D eigenvalue weighted by atomic mass is 10.2. The van der Waals surface area contributed by atoms with E-state index < -0.39 is 24.4 Å². The van der Waals surface area contributed by atoms with E-state index in [0.29, 0.717) is 0 Å². The lowest BCUT2D eigenvalue weighted by molar-refractivity contribution is -0.146. The van der Waals surface area contributed by atoms with Crippen LogP contribution in [-0.4, -0.2) is 46.5 Å². The molecule has 0 bridgehead atoms. The van der Waals surface area contributed by atoms with E-state index in [1.54, 1.807) is 0 Å². The van der Waals surface area contributed by atoms with Gasteiger partial charge < -0.3 is 20.6 Å². The minimum absolute atomic E-state index is 0.0737. The summed E-state index contributed by atoms with van der Waals surface area (Å²) in [4.78, 5) is 20.4. The smallest absolute Gasteiger partial charge is 0.321 e. The second-order valence-electron chi connectivity index (χ2n) is 2.17.